The number of hydrogen-bond donors (Lipinski definition) is 1. The third-order valence-corrected chi connectivity index (χ3v) is 3.32. The molecule has 1 aliphatic carbocycles. The summed E-state index contributed by atoms with van der Waals surface area (Å²) < 4.78 is 10.6. The van der Waals surface area contributed by atoms with Crippen LogP contribution in [0.4, 0.5) is 0 Å². The van der Waals surface area contributed by atoms with Gasteiger partial charge in [-0.1, -0.05) is 6.92 Å². The molecule has 0 amide bonds. The molecule has 1 aliphatic rings. The first-order chi connectivity index (χ1) is 7.68. The van der Waals surface area contributed by atoms with E-state index in [1.54, 1.807) is 0 Å². The van der Waals surface area contributed by atoms with Crippen LogP contribution in [0, 0.1) is 0 Å². The lowest BCUT2D eigenvalue weighted by molar-refractivity contribution is -0.152. The molecule has 1 saturated carbocycles. The van der Waals surface area contributed by atoms with Gasteiger partial charge >= 0.3 is 5.97 Å². The zero-order valence-corrected chi connectivity index (χ0v) is 10.5. The number of carbonyl (C=O) groups excluding carboxylic acids is 1. The summed E-state index contributed by atoms with van der Waals surface area (Å²) in [6, 6.07) is 0. The molecule has 0 aromatic heterocycles. The Hall–Kier alpha value is -0.610. The van der Waals surface area contributed by atoms with E-state index in [-0.39, 0.29) is 12.1 Å². The molecule has 0 saturated heterocycles. The van der Waals surface area contributed by atoms with Gasteiger partial charge in [0.25, 0.3) is 0 Å². The van der Waals surface area contributed by atoms with Gasteiger partial charge in [0.15, 0.2) is 0 Å². The summed E-state index contributed by atoms with van der Waals surface area (Å²) >= 11 is 0. The van der Waals surface area contributed by atoms with Crippen molar-refractivity contribution in [1.82, 2.24) is 5.32 Å². The van der Waals surface area contributed by atoms with E-state index in [9.17, 15) is 4.79 Å². The first-order valence-corrected chi connectivity index (χ1v) is 6.07. The molecule has 1 rings (SSSR count). The van der Waals surface area contributed by atoms with Crippen LogP contribution in [0.15, 0.2) is 0 Å². The predicted molar refractivity (Wildman–Crippen MR) is 62.3 cm³/mol. The minimum Gasteiger partial charge on any atom is -0.468 e. The van der Waals surface area contributed by atoms with Gasteiger partial charge in [0.1, 0.15) is 5.54 Å². The van der Waals surface area contributed by atoms with E-state index in [4.69, 9.17) is 9.47 Å². The predicted octanol–water partition coefficient (Wildman–Crippen LogP) is 1.49. The van der Waals surface area contributed by atoms with E-state index in [1.807, 2.05) is 7.05 Å². The smallest absolute Gasteiger partial charge is 0.326 e. The summed E-state index contributed by atoms with van der Waals surface area (Å²) in [5.74, 6) is -0.167. The van der Waals surface area contributed by atoms with Crippen LogP contribution in [0.25, 0.3) is 0 Å². The summed E-state index contributed by atoms with van der Waals surface area (Å²) in [7, 11) is 3.26. The van der Waals surface area contributed by atoms with E-state index in [2.05, 4.69) is 12.2 Å². The van der Waals surface area contributed by atoms with Crippen LogP contribution in [0.2, 0.25) is 0 Å². The molecule has 4 heteroatoms. The van der Waals surface area contributed by atoms with Crippen LogP contribution in [-0.4, -0.2) is 38.4 Å². The van der Waals surface area contributed by atoms with Crippen molar-refractivity contribution in [3.05, 3.63) is 0 Å². The number of carbonyl (C=O) groups is 1. The molecular formula is C12H23NO3. The maximum atomic E-state index is 11.8. The fraction of sp³-hybridized carbons (Fsp3) is 0.917. The van der Waals surface area contributed by atoms with Crippen molar-refractivity contribution in [2.45, 2.75) is 50.7 Å². The van der Waals surface area contributed by atoms with E-state index in [0.717, 1.165) is 38.7 Å². The van der Waals surface area contributed by atoms with Gasteiger partial charge in [0.05, 0.1) is 13.2 Å². The molecular weight excluding hydrogens is 206 g/mol. The van der Waals surface area contributed by atoms with Crippen LogP contribution in [-0.2, 0) is 14.3 Å². The maximum Gasteiger partial charge on any atom is 0.326 e. The van der Waals surface area contributed by atoms with Crippen molar-refractivity contribution in [3.63, 3.8) is 0 Å². The molecule has 0 radical (unpaired) electrons. The van der Waals surface area contributed by atoms with Crippen LogP contribution in [0.3, 0.4) is 0 Å². The Bertz CT molecular complexity index is 232. The molecule has 0 aromatic rings. The van der Waals surface area contributed by atoms with E-state index < -0.39 is 5.54 Å². The summed E-state index contributed by atoms with van der Waals surface area (Å²) in [4.78, 5) is 11.8. The Kier molecular flexibility index (Phi) is 5.22. The number of esters is 1. The second-order valence-corrected chi connectivity index (χ2v) is 4.41. The first-order valence-electron chi connectivity index (χ1n) is 6.07. The van der Waals surface area contributed by atoms with Crippen molar-refractivity contribution < 1.29 is 14.3 Å². The van der Waals surface area contributed by atoms with Crippen molar-refractivity contribution in [1.29, 1.82) is 0 Å². The molecule has 0 bridgehead atoms. The highest BCUT2D eigenvalue weighted by molar-refractivity contribution is 5.80. The Morgan fingerprint density at radius 2 is 2.31 bits per heavy atom. The average molecular weight is 229 g/mol. The fourth-order valence-corrected chi connectivity index (χ4v) is 2.36. The molecule has 1 fully saturated rings. The fourth-order valence-electron chi connectivity index (χ4n) is 2.36. The molecule has 0 aliphatic heterocycles. The second kappa shape index (κ2) is 6.21. The van der Waals surface area contributed by atoms with Gasteiger partial charge in [-0.15, -0.1) is 0 Å². The lowest BCUT2D eigenvalue weighted by atomic mass is 9.80. The highest BCUT2D eigenvalue weighted by Crippen LogP contribution is 2.31. The quantitative estimate of drug-likeness (QED) is 0.726. The van der Waals surface area contributed by atoms with E-state index >= 15 is 0 Å². The molecule has 0 spiro atoms. The van der Waals surface area contributed by atoms with Gasteiger partial charge in [0, 0.05) is 13.0 Å². The molecule has 4 nitrogen and oxygen atoms in total. The van der Waals surface area contributed by atoms with Gasteiger partial charge in [0.2, 0.25) is 0 Å². The third-order valence-electron chi connectivity index (χ3n) is 3.32. The number of nitrogens with one attached hydrogen (secondary N) is 1. The van der Waals surface area contributed by atoms with Crippen molar-refractivity contribution in [2.75, 3.05) is 20.8 Å². The Balaban J connectivity index is 2.61. The Labute approximate surface area is 97.7 Å². The van der Waals surface area contributed by atoms with Gasteiger partial charge in [-0.2, -0.15) is 0 Å². The van der Waals surface area contributed by atoms with Crippen molar-refractivity contribution in [3.8, 4) is 0 Å². The van der Waals surface area contributed by atoms with Gasteiger partial charge in [-0.05, 0) is 32.7 Å². The van der Waals surface area contributed by atoms with Crippen molar-refractivity contribution in [2.24, 2.45) is 0 Å². The molecule has 16 heavy (non-hydrogen) atoms. The van der Waals surface area contributed by atoms with E-state index in [0.29, 0.717) is 0 Å². The molecule has 0 heterocycles. The summed E-state index contributed by atoms with van der Waals surface area (Å²) in [5, 5.41) is 3.12. The maximum absolute atomic E-state index is 11.8. The number of methoxy groups -OCH3 is 1. The third kappa shape index (κ3) is 2.95. The molecule has 2 unspecified atom stereocenters. The largest absolute Gasteiger partial charge is 0.468 e. The zero-order valence-electron chi connectivity index (χ0n) is 10.5. The number of ether oxygens (including phenoxy) is 2. The van der Waals surface area contributed by atoms with Gasteiger partial charge in [-0.25, -0.2) is 0 Å². The minimum absolute atomic E-state index is 0.167. The van der Waals surface area contributed by atoms with Crippen molar-refractivity contribution >= 4 is 5.97 Å². The standard InChI is InChI=1S/C12H23NO3/c1-4-8-16-10-6-5-7-12(9-10,13-2)11(14)15-3/h10,13H,4-9H2,1-3H3. The minimum atomic E-state index is -0.536. The van der Waals surface area contributed by atoms with Crippen LogP contribution < -0.4 is 5.32 Å². The summed E-state index contributed by atoms with van der Waals surface area (Å²) in [5.41, 5.74) is -0.536. The van der Waals surface area contributed by atoms with Crippen LogP contribution in [0.1, 0.15) is 39.0 Å². The molecule has 1 N–H and O–H groups in total. The van der Waals surface area contributed by atoms with Crippen LogP contribution >= 0.6 is 0 Å². The highest BCUT2D eigenvalue weighted by Gasteiger charge is 2.42. The van der Waals surface area contributed by atoms with E-state index in [1.165, 1.54) is 7.11 Å². The van der Waals surface area contributed by atoms with Crippen LogP contribution in [0.5, 0.6) is 0 Å². The van der Waals surface area contributed by atoms with Gasteiger partial charge < -0.3 is 14.8 Å². The number of rotatable bonds is 5. The zero-order chi connectivity index (χ0) is 12.0. The summed E-state index contributed by atoms with van der Waals surface area (Å²) in [6.07, 6.45) is 4.80. The second-order valence-electron chi connectivity index (χ2n) is 4.41. The normalized spacial score (nSPS) is 30.1. The summed E-state index contributed by atoms with van der Waals surface area (Å²) in [6.45, 7) is 2.86. The topological polar surface area (TPSA) is 47.6 Å². The first kappa shape index (κ1) is 13.5. The monoisotopic (exact) mass is 229 g/mol. The SMILES string of the molecule is CCCOC1CCCC(NC)(C(=O)OC)C1. The van der Waals surface area contributed by atoms with Gasteiger partial charge in [-0.3, -0.25) is 4.79 Å². The Morgan fingerprint density at radius 3 is 2.88 bits per heavy atom. The number of hydrogen-bond acceptors (Lipinski definition) is 4. The lowest BCUT2D eigenvalue weighted by Gasteiger charge is -2.38. The average Bonchev–Trinajstić information content (AvgIpc) is 2.35. The molecule has 94 valence electrons. The molecule has 0 aromatic carbocycles. The lowest BCUT2D eigenvalue weighted by Crippen LogP contribution is -2.55. The Morgan fingerprint density at radius 1 is 1.56 bits per heavy atom. The highest BCUT2D eigenvalue weighted by atomic mass is 16.5. The molecule has 2 atom stereocenters. The number of likely N-dealkylation sites (N-methyl/N-ethyl adjacent to an activating group) is 1.